The molecule has 0 saturated carbocycles. The van der Waals surface area contributed by atoms with Gasteiger partial charge in [0.2, 0.25) is 0 Å². The maximum absolute atomic E-state index is 12.8. The van der Waals surface area contributed by atoms with E-state index in [4.69, 9.17) is 9.47 Å². The fourth-order valence-electron chi connectivity index (χ4n) is 3.94. The lowest BCUT2D eigenvalue weighted by atomic mass is 9.78. The van der Waals surface area contributed by atoms with Crippen molar-refractivity contribution in [2.45, 2.75) is 5.60 Å². The predicted molar refractivity (Wildman–Crippen MR) is 114 cm³/mol. The molecule has 0 bridgehead atoms. The molecule has 0 fully saturated rings. The van der Waals surface area contributed by atoms with Gasteiger partial charge in [-0.1, -0.05) is 18.2 Å². The van der Waals surface area contributed by atoms with E-state index in [2.05, 4.69) is 0 Å². The Morgan fingerprint density at radius 1 is 1.03 bits per heavy atom. The summed E-state index contributed by atoms with van der Waals surface area (Å²) in [6, 6.07) is 15.8. The van der Waals surface area contributed by atoms with Crippen molar-refractivity contribution in [3.63, 3.8) is 0 Å². The maximum atomic E-state index is 12.8. The highest BCUT2D eigenvalue weighted by atomic mass is 16.6. The van der Waals surface area contributed by atoms with Gasteiger partial charge in [0.05, 0.1) is 23.2 Å². The van der Waals surface area contributed by atoms with Gasteiger partial charge in [-0.2, -0.15) is 0 Å². The zero-order valence-electron chi connectivity index (χ0n) is 17.2. The third-order valence-electron chi connectivity index (χ3n) is 5.42. The number of fused-ring (bicyclic) bond motifs is 1. The standard InChI is InChI=1S/C23H20N2O6/c1-24(2)14-8-10-18(20(26)13-14)23(17-7-5-4-6-16(17)22(27)31-23)19-12-15(25(28)29)9-11-21(19)30-3/h4-13,26H,1-3H3. The minimum absolute atomic E-state index is 0.121. The zero-order chi connectivity index (χ0) is 22.3. The van der Waals surface area contributed by atoms with Crippen molar-refractivity contribution in [3.05, 3.63) is 93.0 Å². The van der Waals surface area contributed by atoms with Gasteiger partial charge in [-0.05, 0) is 24.3 Å². The van der Waals surface area contributed by atoms with E-state index >= 15 is 0 Å². The lowest BCUT2D eigenvalue weighted by Crippen LogP contribution is -2.30. The van der Waals surface area contributed by atoms with Gasteiger partial charge in [-0.25, -0.2) is 4.79 Å². The number of nitro groups is 1. The predicted octanol–water partition coefficient (Wildman–Crippen LogP) is 3.84. The van der Waals surface area contributed by atoms with Gasteiger partial charge in [-0.15, -0.1) is 0 Å². The summed E-state index contributed by atoms with van der Waals surface area (Å²) in [5.41, 5.74) is 0.212. The highest BCUT2D eigenvalue weighted by Crippen LogP contribution is 2.52. The van der Waals surface area contributed by atoms with Crippen LogP contribution in [0.25, 0.3) is 0 Å². The molecule has 1 atom stereocenters. The van der Waals surface area contributed by atoms with Gasteiger partial charge in [-0.3, -0.25) is 10.1 Å². The fraction of sp³-hybridized carbons (Fsp3) is 0.174. The normalized spacial score (nSPS) is 17.1. The quantitative estimate of drug-likeness (QED) is 0.380. The molecule has 31 heavy (non-hydrogen) atoms. The first-order valence-electron chi connectivity index (χ1n) is 9.46. The van der Waals surface area contributed by atoms with Crippen LogP contribution in [0.3, 0.4) is 0 Å². The first-order valence-corrected chi connectivity index (χ1v) is 9.46. The summed E-state index contributed by atoms with van der Waals surface area (Å²) >= 11 is 0. The molecule has 4 rings (SSSR count). The van der Waals surface area contributed by atoms with Gasteiger partial charge in [0.1, 0.15) is 11.5 Å². The smallest absolute Gasteiger partial charge is 0.340 e. The molecule has 0 saturated heterocycles. The number of nitrogens with zero attached hydrogens (tertiary/aromatic N) is 2. The summed E-state index contributed by atoms with van der Waals surface area (Å²) in [4.78, 5) is 25.6. The summed E-state index contributed by atoms with van der Waals surface area (Å²) in [6.07, 6.45) is 0. The minimum atomic E-state index is -1.63. The summed E-state index contributed by atoms with van der Waals surface area (Å²) in [7, 11) is 5.09. The van der Waals surface area contributed by atoms with Crippen molar-refractivity contribution >= 4 is 17.3 Å². The number of aromatic hydroxyl groups is 1. The number of benzene rings is 3. The second kappa shape index (κ2) is 7.32. The molecular weight excluding hydrogens is 400 g/mol. The van der Waals surface area contributed by atoms with Crippen molar-refractivity contribution in [2.24, 2.45) is 0 Å². The molecule has 158 valence electrons. The van der Waals surface area contributed by atoms with Crippen LogP contribution in [0.4, 0.5) is 11.4 Å². The molecule has 0 amide bonds. The van der Waals surface area contributed by atoms with Crippen molar-refractivity contribution in [1.82, 2.24) is 0 Å². The van der Waals surface area contributed by atoms with Crippen molar-refractivity contribution in [2.75, 3.05) is 26.1 Å². The summed E-state index contributed by atoms with van der Waals surface area (Å²) in [5, 5.41) is 22.5. The Kier molecular flexibility index (Phi) is 4.77. The van der Waals surface area contributed by atoms with E-state index in [1.807, 2.05) is 19.0 Å². The molecule has 0 aromatic heterocycles. The van der Waals surface area contributed by atoms with Crippen LogP contribution in [0.15, 0.2) is 60.7 Å². The molecule has 3 aromatic rings. The summed E-state index contributed by atoms with van der Waals surface area (Å²) in [6.45, 7) is 0. The molecule has 1 unspecified atom stereocenters. The molecule has 8 nitrogen and oxygen atoms in total. The van der Waals surface area contributed by atoms with Crippen molar-refractivity contribution in [1.29, 1.82) is 0 Å². The highest BCUT2D eigenvalue weighted by Gasteiger charge is 2.52. The minimum Gasteiger partial charge on any atom is -0.507 e. The number of cyclic esters (lactones) is 1. The Labute approximate surface area is 178 Å². The second-order valence-electron chi connectivity index (χ2n) is 7.35. The zero-order valence-corrected chi connectivity index (χ0v) is 17.2. The topological polar surface area (TPSA) is 102 Å². The molecule has 1 heterocycles. The second-order valence-corrected chi connectivity index (χ2v) is 7.35. The number of hydrogen-bond donors (Lipinski definition) is 1. The Hall–Kier alpha value is -4.07. The van der Waals surface area contributed by atoms with Gasteiger partial charge < -0.3 is 19.5 Å². The van der Waals surface area contributed by atoms with Crippen molar-refractivity contribution in [3.8, 4) is 11.5 Å². The van der Waals surface area contributed by atoms with Crippen LogP contribution in [0.5, 0.6) is 11.5 Å². The number of carbonyl (C=O) groups is 1. The molecule has 3 aromatic carbocycles. The van der Waals surface area contributed by atoms with Crippen LogP contribution < -0.4 is 9.64 Å². The van der Waals surface area contributed by atoms with E-state index in [-0.39, 0.29) is 28.3 Å². The number of rotatable bonds is 5. The Balaban J connectivity index is 2.11. The van der Waals surface area contributed by atoms with Crippen LogP contribution in [0.2, 0.25) is 0 Å². The molecule has 1 aliphatic rings. The number of phenolic OH excluding ortho intramolecular Hbond substituents is 1. The van der Waals surface area contributed by atoms with Crippen LogP contribution in [0, 0.1) is 10.1 Å². The average molecular weight is 420 g/mol. The molecule has 0 spiro atoms. The van der Waals surface area contributed by atoms with E-state index in [0.29, 0.717) is 11.1 Å². The molecule has 1 N–H and O–H groups in total. The monoisotopic (exact) mass is 420 g/mol. The largest absolute Gasteiger partial charge is 0.507 e. The van der Waals surface area contributed by atoms with Crippen LogP contribution >= 0.6 is 0 Å². The van der Waals surface area contributed by atoms with Crippen LogP contribution in [-0.2, 0) is 10.3 Å². The lowest BCUT2D eigenvalue weighted by Gasteiger charge is -2.32. The number of nitro benzene ring substituents is 1. The number of ether oxygens (including phenoxy) is 2. The maximum Gasteiger partial charge on any atom is 0.340 e. The Bertz CT molecular complexity index is 1210. The van der Waals surface area contributed by atoms with E-state index < -0.39 is 16.5 Å². The molecule has 1 aliphatic heterocycles. The van der Waals surface area contributed by atoms with E-state index in [1.165, 1.54) is 25.3 Å². The third-order valence-corrected chi connectivity index (χ3v) is 5.42. The summed E-state index contributed by atoms with van der Waals surface area (Å²) < 4.78 is 11.4. The Morgan fingerprint density at radius 3 is 2.42 bits per heavy atom. The molecule has 8 heteroatoms. The van der Waals surface area contributed by atoms with Crippen molar-refractivity contribution < 1.29 is 24.3 Å². The number of non-ortho nitro benzene ring substituents is 1. The Morgan fingerprint density at radius 2 is 1.77 bits per heavy atom. The van der Waals surface area contributed by atoms with Gasteiger partial charge in [0.15, 0.2) is 5.60 Å². The number of anilines is 1. The van der Waals surface area contributed by atoms with E-state index in [0.717, 1.165) is 5.69 Å². The molecular formula is C23H20N2O6. The van der Waals surface area contributed by atoms with Gasteiger partial charge in [0, 0.05) is 49.1 Å². The van der Waals surface area contributed by atoms with E-state index in [9.17, 15) is 20.0 Å². The number of hydrogen-bond acceptors (Lipinski definition) is 7. The van der Waals surface area contributed by atoms with Crippen LogP contribution in [0.1, 0.15) is 27.0 Å². The van der Waals surface area contributed by atoms with E-state index in [1.54, 1.807) is 42.5 Å². The third kappa shape index (κ3) is 3.04. The first-order chi connectivity index (χ1) is 14.8. The number of phenols is 1. The van der Waals surface area contributed by atoms with Gasteiger partial charge in [0.25, 0.3) is 5.69 Å². The number of methoxy groups -OCH3 is 1. The number of carbonyl (C=O) groups excluding carboxylic acids is 1. The molecule has 0 aliphatic carbocycles. The van der Waals surface area contributed by atoms with Crippen LogP contribution in [-0.4, -0.2) is 37.2 Å². The lowest BCUT2D eigenvalue weighted by molar-refractivity contribution is -0.385. The molecule has 0 radical (unpaired) electrons. The average Bonchev–Trinajstić information content (AvgIpc) is 3.06. The highest BCUT2D eigenvalue weighted by molar-refractivity contribution is 5.96. The SMILES string of the molecule is COc1ccc([N+](=O)[O-])cc1C1(c2ccc(N(C)C)cc2O)OC(=O)c2ccccc21. The number of esters is 1. The first kappa shape index (κ1) is 20.2. The van der Waals surface area contributed by atoms with Gasteiger partial charge >= 0.3 is 5.97 Å². The summed E-state index contributed by atoms with van der Waals surface area (Å²) in [5.74, 6) is -0.435. The fourth-order valence-corrected chi connectivity index (χ4v) is 3.94.